The lowest BCUT2D eigenvalue weighted by Crippen LogP contribution is -2.31. The maximum Gasteiger partial charge on any atom is 0.271 e. The zero-order valence-electron chi connectivity index (χ0n) is 14.7. The number of carbonyl (C=O) groups excluding carboxylic acids is 1. The summed E-state index contributed by atoms with van der Waals surface area (Å²) >= 11 is 1.47. The van der Waals surface area contributed by atoms with Gasteiger partial charge in [0.05, 0.1) is 12.3 Å². The van der Waals surface area contributed by atoms with Gasteiger partial charge in [-0.1, -0.05) is 6.07 Å². The summed E-state index contributed by atoms with van der Waals surface area (Å²) in [7, 11) is 0. The van der Waals surface area contributed by atoms with Crippen molar-refractivity contribution in [3.63, 3.8) is 0 Å². The van der Waals surface area contributed by atoms with Crippen LogP contribution in [-0.4, -0.2) is 10.9 Å². The summed E-state index contributed by atoms with van der Waals surface area (Å²) in [5.74, 6) is 0.548. The summed E-state index contributed by atoms with van der Waals surface area (Å²) in [6, 6.07) is 9.60. The van der Waals surface area contributed by atoms with Crippen LogP contribution in [0.15, 0.2) is 41.0 Å². The molecule has 3 N–H and O–H groups in total. The van der Waals surface area contributed by atoms with Gasteiger partial charge in [-0.2, -0.15) is 0 Å². The summed E-state index contributed by atoms with van der Waals surface area (Å²) in [5, 5.41) is 3.87. The van der Waals surface area contributed by atoms with Gasteiger partial charge in [-0.3, -0.25) is 4.79 Å². The Balaban J connectivity index is 0.00000131. The SMILES string of the molecule is Cc1sc(-c2ccco2)nc1C(=O)NC1CCCc2cc(N)ccc21.Cl.Cl. The van der Waals surface area contributed by atoms with Gasteiger partial charge in [0.15, 0.2) is 10.8 Å². The number of rotatable bonds is 3. The van der Waals surface area contributed by atoms with E-state index in [4.69, 9.17) is 10.2 Å². The minimum Gasteiger partial charge on any atom is -0.462 e. The Morgan fingerprint density at radius 3 is 2.89 bits per heavy atom. The number of benzene rings is 1. The van der Waals surface area contributed by atoms with Gasteiger partial charge in [0.2, 0.25) is 0 Å². The Bertz CT molecular complexity index is 925. The van der Waals surface area contributed by atoms with Crippen LogP contribution in [-0.2, 0) is 6.42 Å². The fourth-order valence-electron chi connectivity index (χ4n) is 3.32. The van der Waals surface area contributed by atoms with E-state index < -0.39 is 0 Å². The van der Waals surface area contributed by atoms with Crippen LogP contribution >= 0.6 is 36.2 Å². The Morgan fingerprint density at radius 1 is 1.33 bits per heavy atom. The van der Waals surface area contributed by atoms with E-state index in [0.717, 1.165) is 40.4 Å². The summed E-state index contributed by atoms with van der Waals surface area (Å²) < 4.78 is 5.38. The molecule has 1 aliphatic rings. The number of aromatic nitrogens is 1. The fourth-order valence-corrected chi connectivity index (χ4v) is 4.20. The van der Waals surface area contributed by atoms with Crippen molar-refractivity contribution in [2.45, 2.75) is 32.2 Å². The van der Waals surface area contributed by atoms with Crippen LogP contribution in [0.5, 0.6) is 0 Å². The summed E-state index contributed by atoms with van der Waals surface area (Å²) in [6.07, 6.45) is 4.58. The lowest BCUT2D eigenvalue weighted by molar-refractivity contribution is 0.0928. The molecule has 27 heavy (non-hydrogen) atoms. The van der Waals surface area contributed by atoms with Gasteiger partial charge in [0.1, 0.15) is 5.69 Å². The highest BCUT2D eigenvalue weighted by Crippen LogP contribution is 2.32. The highest BCUT2D eigenvalue weighted by molar-refractivity contribution is 7.15. The molecule has 1 atom stereocenters. The molecule has 1 aromatic carbocycles. The van der Waals surface area contributed by atoms with Gasteiger partial charge in [-0.15, -0.1) is 36.2 Å². The number of halogens is 2. The molecule has 0 saturated carbocycles. The van der Waals surface area contributed by atoms with E-state index in [9.17, 15) is 4.79 Å². The molecule has 144 valence electrons. The second-order valence-corrected chi connectivity index (χ2v) is 7.48. The van der Waals surface area contributed by atoms with Crippen LogP contribution in [0.4, 0.5) is 5.69 Å². The maximum absolute atomic E-state index is 12.8. The number of nitrogens with zero attached hydrogens (tertiary/aromatic N) is 1. The highest BCUT2D eigenvalue weighted by atomic mass is 35.5. The number of anilines is 1. The third kappa shape index (κ3) is 4.29. The average molecular weight is 426 g/mol. The van der Waals surface area contributed by atoms with Crippen LogP contribution in [0.3, 0.4) is 0 Å². The first kappa shape index (κ1) is 21.3. The Morgan fingerprint density at radius 2 is 2.15 bits per heavy atom. The number of hydrogen-bond acceptors (Lipinski definition) is 5. The van der Waals surface area contributed by atoms with Crippen molar-refractivity contribution in [2.24, 2.45) is 0 Å². The summed E-state index contributed by atoms with van der Waals surface area (Å²) in [6.45, 7) is 1.91. The number of aryl methyl sites for hydroxylation is 2. The van der Waals surface area contributed by atoms with Crippen molar-refractivity contribution in [3.8, 4) is 10.8 Å². The molecule has 0 radical (unpaired) electrons. The number of nitrogen functional groups attached to an aromatic ring is 1. The number of fused-ring (bicyclic) bond motifs is 1. The highest BCUT2D eigenvalue weighted by Gasteiger charge is 2.25. The van der Waals surface area contributed by atoms with Gasteiger partial charge in [0.25, 0.3) is 5.91 Å². The number of hydrogen-bond donors (Lipinski definition) is 2. The normalized spacial score (nSPS) is 15.2. The van der Waals surface area contributed by atoms with Crippen molar-refractivity contribution >= 4 is 47.7 Å². The van der Waals surface area contributed by atoms with E-state index in [1.54, 1.807) is 6.26 Å². The molecule has 2 heterocycles. The summed E-state index contributed by atoms with van der Waals surface area (Å²) in [5.41, 5.74) is 9.51. The van der Waals surface area contributed by atoms with Crippen molar-refractivity contribution in [1.29, 1.82) is 0 Å². The average Bonchev–Trinajstić information content (AvgIpc) is 3.24. The van der Waals surface area contributed by atoms with Gasteiger partial charge >= 0.3 is 0 Å². The number of furan rings is 1. The third-order valence-corrected chi connectivity index (χ3v) is 5.52. The molecule has 0 bridgehead atoms. The molecular weight excluding hydrogens is 405 g/mol. The number of nitrogens with two attached hydrogens (primary N) is 1. The van der Waals surface area contributed by atoms with Crippen LogP contribution in [0.2, 0.25) is 0 Å². The standard InChI is InChI=1S/C19H19N3O2S.2ClH/c1-11-17(22-19(25-11)16-6-3-9-24-16)18(23)21-15-5-2-4-12-10-13(20)7-8-14(12)15;;/h3,6-10,15H,2,4-5,20H2,1H3,(H,21,23);2*1H. The van der Waals surface area contributed by atoms with Crippen molar-refractivity contribution < 1.29 is 9.21 Å². The first-order valence-corrected chi connectivity index (χ1v) is 9.14. The van der Waals surface area contributed by atoms with Gasteiger partial charge in [-0.05, 0) is 61.6 Å². The number of carbonyl (C=O) groups is 1. The Labute approximate surface area is 174 Å². The maximum atomic E-state index is 12.8. The van der Waals surface area contributed by atoms with Crippen LogP contribution < -0.4 is 11.1 Å². The molecular formula is C19H21Cl2N3O2S. The zero-order valence-corrected chi connectivity index (χ0v) is 17.2. The third-order valence-electron chi connectivity index (χ3n) is 4.53. The van der Waals surface area contributed by atoms with Gasteiger partial charge in [-0.25, -0.2) is 4.98 Å². The second-order valence-electron chi connectivity index (χ2n) is 6.28. The van der Waals surface area contributed by atoms with E-state index in [1.165, 1.54) is 16.9 Å². The van der Waals surface area contributed by atoms with Gasteiger partial charge in [0, 0.05) is 10.6 Å². The predicted molar refractivity (Wildman–Crippen MR) is 113 cm³/mol. The van der Waals surface area contributed by atoms with Crippen LogP contribution in [0.25, 0.3) is 10.8 Å². The van der Waals surface area contributed by atoms with E-state index in [0.29, 0.717) is 11.5 Å². The molecule has 0 aliphatic heterocycles. The smallest absolute Gasteiger partial charge is 0.271 e. The lowest BCUT2D eigenvalue weighted by Gasteiger charge is -2.26. The number of amides is 1. The predicted octanol–water partition coefficient (Wildman–Crippen LogP) is 4.94. The second kappa shape index (κ2) is 8.78. The first-order chi connectivity index (χ1) is 12.1. The molecule has 2 aromatic heterocycles. The van der Waals surface area contributed by atoms with Crippen LogP contribution in [0, 0.1) is 6.92 Å². The minimum atomic E-state index is -0.138. The van der Waals surface area contributed by atoms with Crippen molar-refractivity contribution in [2.75, 3.05) is 5.73 Å². The van der Waals surface area contributed by atoms with E-state index in [-0.39, 0.29) is 36.8 Å². The zero-order chi connectivity index (χ0) is 17.4. The molecule has 4 rings (SSSR count). The largest absolute Gasteiger partial charge is 0.462 e. The number of nitrogens with one attached hydrogen (secondary N) is 1. The van der Waals surface area contributed by atoms with Crippen molar-refractivity contribution in [1.82, 2.24) is 10.3 Å². The van der Waals surface area contributed by atoms with E-state index in [1.807, 2.05) is 37.3 Å². The molecule has 3 aromatic rings. The molecule has 5 nitrogen and oxygen atoms in total. The molecule has 0 fully saturated rings. The van der Waals surface area contributed by atoms with Crippen molar-refractivity contribution in [3.05, 3.63) is 58.3 Å². The molecule has 1 unspecified atom stereocenters. The quantitative estimate of drug-likeness (QED) is 0.581. The minimum absolute atomic E-state index is 0. The lowest BCUT2D eigenvalue weighted by atomic mass is 9.87. The van der Waals surface area contributed by atoms with E-state index >= 15 is 0 Å². The number of thiazole rings is 1. The molecule has 0 spiro atoms. The Hall–Kier alpha value is -2.02. The molecule has 8 heteroatoms. The monoisotopic (exact) mass is 425 g/mol. The summed E-state index contributed by atoms with van der Waals surface area (Å²) in [4.78, 5) is 18.1. The van der Waals surface area contributed by atoms with Gasteiger partial charge < -0.3 is 15.5 Å². The molecule has 0 saturated heterocycles. The first-order valence-electron chi connectivity index (χ1n) is 8.32. The molecule has 1 amide bonds. The topological polar surface area (TPSA) is 81.2 Å². The van der Waals surface area contributed by atoms with E-state index in [2.05, 4.69) is 10.3 Å². The van der Waals surface area contributed by atoms with Crippen LogP contribution in [0.1, 0.15) is 45.4 Å². The fraction of sp³-hybridized carbons (Fsp3) is 0.263. The Kier molecular flexibility index (Phi) is 6.92. The molecule has 1 aliphatic carbocycles.